The van der Waals surface area contributed by atoms with Crippen molar-refractivity contribution in [1.82, 2.24) is 5.32 Å². The summed E-state index contributed by atoms with van der Waals surface area (Å²) in [6.45, 7) is 4.72. The lowest BCUT2D eigenvalue weighted by atomic mass is 9.71. The van der Waals surface area contributed by atoms with Gasteiger partial charge in [-0.1, -0.05) is 29.8 Å². The van der Waals surface area contributed by atoms with Crippen LogP contribution in [0.4, 0.5) is 0 Å². The molecule has 21 heavy (non-hydrogen) atoms. The Hall–Kier alpha value is -0.540. The van der Waals surface area contributed by atoms with Crippen molar-refractivity contribution in [2.45, 2.75) is 45.6 Å². The first-order valence-electron chi connectivity index (χ1n) is 8.04. The molecule has 0 bridgehead atoms. The summed E-state index contributed by atoms with van der Waals surface area (Å²) >= 11 is 3.59. The van der Waals surface area contributed by atoms with Crippen LogP contribution in [-0.2, 0) is 6.42 Å². The number of ether oxygens (including phenoxy) is 1. The summed E-state index contributed by atoms with van der Waals surface area (Å²) in [5, 5.41) is 3.53. The average molecular weight is 354 g/mol. The van der Waals surface area contributed by atoms with Gasteiger partial charge in [-0.2, -0.15) is 0 Å². The highest BCUT2D eigenvalue weighted by Crippen LogP contribution is 2.37. The molecule has 0 aromatic heterocycles. The number of benzene rings is 1. The van der Waals surface area contributed by atoms with E-state index in [1.807, 2.05) is 0 Å². The standard InChI is InChI=1S/C18H28BrNO/c1-12(2)13-5-7-17(20-3)14(9-13)10-15-11-16(19)6-8-18(15)21-4/h6,8,11-14,17,20H,5,7,9-10H2,1-4H3. The Labute approximate surface area is 137 Å². The second-order valence-electron chi connectivity index (χ2n) is 6.63. The maximum absolute atomic E-state index is 5.54. The number of rotatable bonds is 5. The monoisotopic (exact) mass is 353 g/mol. The molecule has 3 heteroatoms. The number of hydrogen-bond donors (Lipinski definition) is 1. The summed E-state index contributed by atoms with van der Waals surface area (Å²) in [5.41, 5.74) is 1.32. The van der Waals surface area contributed by atoms with Crippen LogP contribution in [0.1, 0.15) is 38.7 Å². The fraction of sp³-hybridized carbons (Fsp3) is 0.667. The molecule has 0 radical (unpaired) electrons. The van der Waals surface area contributed by atoms with Gasteiger partial charge in [0.05, 0.1) is 7.11 Å². The van der Waals surface area contributed by atoms with Gasteiger partial charge in [0.25, 0.3) is 0 Å². The maximum Gasteiger partial charge on any atom is 0.122 e. The predicted molar refractivity (Wildman–Crippen MR) is 92.9 cm³/mol. The van der Waals surface area contributed by atoms with E-state index in [0.717, 1.165) is 28.5 Å². The number of hydrogen-bond acceptors (Lipinski definition) is 2. The van der Waals surface area contributed by atoms with Gasteiger partial charge in [0.15, 0.2) is 0 Å². The molecule has 1 fully saturated rings. The summed E-state index contributed by atoms with van der Waals surface area (Å²) in [4.78, 5) is 0. The van der Waals surface area contributed by atoms with Crippen molar-refractivity contribution in [3.8, 4) is 5.75 Å². The minimum Gasteiger partial charge on any atom is -0.496 e. The largest absolute Gasteiger partial charge is 0.496 e. The van der Waals surface area contributed by atoms with Crippen molar-refractivity contribution >= 4 is 15.9 Å². The van der Waals surface area contributed by atoms with Gasteiger partial charge in [-0.25, -0.2) is 0 Å². The zero-order valence-corrected chi connectivity index (χ0v) is 15.2. The summed E-state index contributed by atoms with van der Waals surface area (Å²) in [6, 6.07) is 6.96. The van der Waals surface area contributed by atoms with Gasteiger partial charge in [-0.05, 0) is 74.2 Å². The lowest BCUT2D eigenvalue weighted by Gasteiger charge is -2.38. The number of nitrogens with one attached hydrogen (secondary N) is 1. The van der Waals surface area contributed by atoms with E-state index in [9.17, 15) is 0 Å². The van der Waals surface area contributed by atoms with Gasteiger partial charge in [-0.3, -0.25) is 0 Å². The zero-order valence-electron chi connectivity index (χ0n) is 13.7. The third kappa shape index (κ3) is 4.23. The van der Waals surface area contributed by atoms with Gasteiger partial charge in [0.1, 0.15) is 5.75 Å². The van der Waals surface area contributed by atoms with E-state index in [2.05, 4.69) is 60.3 Å². The molecular weight excluding hydrogens is 326 g/mol. The van der Waals surface area contributed by atoms with Crippen LogP contribution in [0, 0.1) is 17.8 Å². The van der Waals surface area contributed by atoms with Crippen LogP contribution in [0.25, 0.3) is 0 Å². The molecule has 2 rings (SSSR count). The first-order valence-corrected chi connectivity index (χ1v) is 8.84. The Bertz CT molecular complexity index is 461. The molecule has 0 amide bonds. The van der Waals surface area contributed by atoms with Crippen LogP contribution in [0.2, 0.25) is 0 Å². The highest BCUT2D eigenvalue weighted by atomic mass is 79.9. The van der Waals surface area contributed by atoms with Crippen LogP contribution in [0.15, 0.2) is 22.7 Å². The molecule has 0 spiro atoms. The third-order valence-corrected chi connectivity index (χ3v) is 5.55. The molecule has 3 atom stereocenters. The Morgan fingerprint density at radius 3 is 2.71 bits per heavy atom. The normalized spacial score (nSPS) is 26.1. The molecule has 2 nitrogen and oxygen atoms in total. The van der Waals surface area contributed by atoms with E-state index < -0.39 is 0 Å². The van der Waals surface area contributed by atoms with Crippen LogP contribution in [0.5, 0.6) is 5.75 Å². The Morgan fingerprint density at radius 2 is 2.10 bits per heavy atom. The quantitative estimate of drug-likeness (QED) is 0.830. The third-order valence-electron chi connectivity index (χ3n) is 5.06. The zero-order chi connectivity index (χ0) is 15.4. The summed E-state index contributed by atoms with van der Waals surface area (Å²) in [7, 11) is 3.87. The molecule has 0 heterocycles. The van der Waals surface area contributed by atoms with Gasteiger partial charge >= 0.3 is 0 Å². The van der Waals surface area contributed by atoms with Gasteiger partial charge < -0.3 is 10.1 Å². The Kier molecular flexibility index (Phi) is 6.12. The molecule has 1 aliphatic carbocycles. The van der Waals surface area contributed by atoms with E-state index in [1.165, 1.54) is 24.8 Å². The minimum absolute atomic E-state index is 0.628. The van der Waals surface area contributed by atoms with E-state index in [1.54, 1.807) is 7.11 Å². The van der Waals surface area contributed by atoms with Gasteiger partial charge in [0, 0.05) is 10.5 Å². The van der Waals surface area contributed by atoms with Crippen LogP contribution < -0.4 is 10.1 Å². The van der Waals surface area contributed by atoms with E-state index in [-0.39, 0.29) is 0 Å². The first kappa shape index (κ1) is 16.8. The molecule has 1 N–H and O–H groups in total. The molecule has 1 saturated carbocycles. The molecule has 1 aromatic rings. The average Bonchev–Trinajstić information content (AvgIpc) is 2.47. The topological polar surface area (TPSA) is 21.3 Å². The van der Waals surface area contributed by atoms with Crippen molar-refractivity contribution in [1.29, 1.82) is 0 Å². The van der Waals surface area contributed by atoms with Crippen LogP contribution in [-0.4, -0.2) is 20.2 Å². The number of methoxy groups -OCH3 is 1. The lowest BCUT2D eigenvalue weighted by Crippen LogP contribution is -2.40. The van der Waals surface area contributed by atoms with Crippen molar-refractivity contribution in [2.24, 2.45) is 17.8 Å². The SMILES string of the molecule is CNC1CCC(C(C)C)CC1Cc1cc(Br)ccc1OC. The second kappa shape index (κ2) is 7.64. The van der Waals surface area contributed by atoms with Crippen molar-refractivity contribution in [3.05, 3.63) is 28.2 Å². The van der Waals surface area contributed by atoms with E-state index in [4.69, 9.17) is 4.74 Å². The number of halogens is 1. The highest BCUT2D eigenvalue weighted by Gasteiger charge is 2.31. The van der Waals surface area contributed by atoms with Crippen LogP contribution in [0.3, 0.4) is 0 Å². The van der Waals surface area contributed by atoms with Crippen molar-refractivity contribution in [2.75, 3.05) is 14.2 Å². The molecule has 0 aliphatic heterocycles. The minimum atomic E-state index is 0.628. The summed E-state index contributed by atoms with van der Waals surface area (Å²) in [5.74, 6) is 3.35. The van der Waals surface area contributed by atoms with Gasteiger partial charge in [0.2, 0.25) is 0 Å². The summed E-state index contributed by atoms with van der Waals surface area (Å²) in [6.07, 6.45) is 5.06. The van der Waals surface area contributed by atoms with E-state index >= 15 is 0 Å². The second-order valence-corrected chi connectivity index (χ2v) is 7.55. The fourth-order valence-corrected chi connectivity index (χ4v) is 4.11. The molecule has 0 saturated heterocycles. The summed E-state index contributed by atoms with van der Waals surface area (Å²) < 4.78 is 6.68. The molecule has 118 valence electrons. The molecular formula is C18H28BrNO. The smallest absolute Gasteiger partial charge is 0.122 e. The van der Waals surface area contributed by atoms with Gasteiger partial charge in [-0.15, -0.1) is 0 Å². The predicted octanol–water partition coefficient (Wildman–Crippen LogP) is 4.66. The lowest BCUT2D eigenvalue weighted by molar-refractivity contribution is 0.172. The Morgan fingerprint density at radius 1 is 1.33 bits per heavy atom. The molecule has 1 aliphatic rings. The Balaban J connectivity index is 2.16. The molecule has 3 unspecified atom stereocenters. The van der Waals surface area contributed by atoms with E-state index in [0.29, 0.717) is 12.0 Å². The fourth-order valence-electron chi connectivity index (χ4n) is 3.70. The van der Waals surface area contributed by atoms with Crippen molar-refractivity contribution in [3.63, 3.8) is 0 Å². The first-order chi connectivity index (χ1) is 10.0. The molecule has 1 aromatic carbocycles. The maximum atomic E-state index is 5.54. The highest BCUT2D eigenvalue weighted by molar-refractivity contribution is 9.10. The van der Waals surface area contributed by atoms with Crippen LogP contribution >= 0.6 is 15.9 Å². The van der Waals surface area contributed by atoms with Crippen molar-refractivity contribution < 1.29 is 4.74 Å².